The number of nitrogens with zero attached hydrogens (tertiary/aromatic N) is 1. The van der Waals surface area contributed by atoms with Crippen LogP contribution in [0.4, 0.5) is 5.69 Å². The fraction of sp³-hybridized carbons (Fsp3) is 0.364. The molecule has 0 bridgehead atoms. The Kier molecular flexibility index (Phi) is 3.98. The molecule has 0 aliphatic heterocycles. The normalized spacial score (nSPS) is 13.4. The fourth-order valence-electron chi connectivity index (χ4n) is 1.27. The molecule has 0 aliphatic carbocycles. The summed E-state index contributed by atoms with van der Waals surface area (Å²) >= 11 is 0. The minimum absolute atomic E-state index is 0.0550. The lowest BCUT2D eigenvalue weighted by Gasteiger charge is -2.14. The molecule has 0 radical (unpaired) electrons. The number of benzene rings is 1. The highest BCUT2D eigenvalue weighted by Gasteiger charge is 2.09. The summed E-state index contributed by atoms with van der Waals surface area (Å²) < 4.78 is 22.1. The van der Waals surface area contributed by atoms with Crippen molar-refractivity contribution in [2.45, 2.75) is 31.2 Å². The molecule has 0 atom stereocenters. The summed E-state index contributed by atoms with van der Waals surface area (Å²) in [5.74, 6) is 0.269. The standard InChI is InChI=1S/C11H18N4O2S/c1-11(2,3)15-10(12)14-8-4-6-9(7-5-8)18(13,16)17/h4-7H,1-3H3,(H3,12,14,15)(H2,13,16,17). The molecule has 0 aromatic heterocycles. The van der Waals surface area contributed by atoms with Crippen molar-refractivity contribution in [1.29, 1.82) is 0 Å². The summed E-state index contributed by atoms with van der Waals surface area (Å²) in [7, 11) is -3.67. The highest BCUT2D eigenvalue weighted by molar-refractivity contribution is 7.89. The maximum absolute atomic E-state index is 11.1. The zero-order valence-electron chi connectivity index (χ0n) is 10.6. The van der Waals surface area contributed by atoms with E-state index < -0.39 is 10.0 Å². The van der Waals surface area contributed by atoms with Gasteiger partial charge in [-0.1, -0.05) is 0 Å². The van der Waals surface area contributed by atoms with Gasteiger partial charge in [0.2, 0.25) is 10.0 Å². The van der Waals surface area contributed by atoms with E-state index in [0.29, 0.717) is 5.69 Å². The van der Waals surface area contributed by atoms with E-state index in [1.165, 1.54) is 12.1 Å². The second-order valence-electron chi connectivity index (χ2n) is 4.86. The first-order valence-electron chi connectivity index (χ1n) is 5.33. The van der Waals surface area contributed by atoms with Crippen LogP contribution >= 0.6 is 0 Å². The SMILES string of the molecule is CC(C)(C)N=C(N)Nc1ccc(S(N)(=O)=O)cc1. The van der Waals surface area contributed by atoms with Crippen molar-refractivity contribution in [2.75, 3.05) is 5.32 Å². The highest BCUT2D eigenvalue weighted by atomic mass is 32.2. The van der Waals surface area contributed by atoms with Gasteiger partial charge < -0.3 is 11.1 Å². The number of aliphatic imine (C=N–C) groups is 1. The summed E-state index contributed by atoms with van der Waals surface area (Å²) in [6, 6.07) is 5.96. The molecule has 100 valence electrons. The average molecular weight is 270 g/mol. The van der Waals surface area contributed by atoms with Crippen molar-refractivity contribution >= 4 is 21.7 Å². The van der Waals surface area contributed by atoms with Gasteiger partial charge in [0.15, 0.2) is 5.96 Å². The van der Waals surface area contributed by atoms with Gasteiger partial charge in [-0.2, -0.15) is 0 Å². The summed E-state index contributed by atoms with van der Waals surface area (Å²) in [5.41, 5.74) is 6.08. The van der Waals surface area contributed by atoms with Crippen LogP contribution < -0.4 is 16.2 Å². The Labute approximate surface area is 107 Å². The Hall–Kier alpha value is -1.60. The van der Waals surface area contributed by atoms with Crippen LogP contribution in [-0.4, -0.2) is 19.9 Å². The lowest BCUT2D eigenvalue weighted by atomic mass is 10.1. The van der Waals surface area contributed by atoms with Crippen molar-refractivity contribution < 1.29 is 8.42 Å². The van der Waals surface area contributed by atoms with E-state index >= 15 is 0 Å². The van der Waals surface area contributed by atoms with Crippen LogP contribution in [0.5, 0.6) is 0 Å². The third kappa shape index (κ3) is 4.72. The second kappa shape index (κ2) is 4.95. The highest BCUT2D eigenvalue weighted by Crippen LogP contribution is 2.13. The maximum Gasteiger partial charge on any atom is 0.238 e. The molecule has 18 heavy (non-hydrogen) atoms. The van der Waals surface area contributed by atoms with Gasteiger partial charge in [0.05, 0.1) is 10.4 Å². The molecular weight excluding hydrogens is 252 g/mol. The number of hydrogen-bond acceptors (Lipinski definition) is 3. The topological polar surface area (TPSA) is 111 Å². The van der Waals surface area contributed by atoms with Gasteiger partial charge in [0.1, 0.15) is 0 Å². The number of guanidine groups is 1. The Bertz CT molecular complexity index is 541. The molecule has 0 unspecified atom stereocenters. The van der Waals surface area contributed by atoms with Crippen LogP contribution in [0.1, 0.15) is 20.8 Å². The third-order valence-electron chi connectivity index (χ3n) is 1.91. The minimum Gasteiger partial charge on any atom is -0.370 e. The number of rotatable bonds is 2. The van der Waals surface area contributed by atoms with Gasteiger partial charge in [-0.25, -0.2) is 18.5 Å². The summed E-state index contributed by atoms with van der Waals surface area (Å²) in [5, 5.41) is 7.86. The molecule has 5 N–H and O–H groups in total. The van der Waals surface area contributed by atoms with Gasteiger partial charge in [0, 0.05) is 5.69 Å². The molecule has 1 aromatic rings. The molecule has 0 amide bonds. The predicted octanol–water partition coefficient (Wildman–Crippen LogP) is 0.859. The largest absolute Gasteiger partial charge is 0.370 e. The van der Waals surface area contributed by atoms with Crippen LogP contribution in [0.3, 0.4) is 0 Å². The fourth-order valence-corrected chi connectivity index (χ4v) is 1.78. The number of hydrogen-bond donors (Lipinski definition) is 3. The number of primary sulfonamides is 1. The van der Waals surface area contributed by atoms with Crippen molar-refractivity contribution in [3.8, 4) is 0 Å². The number of sulfonamides is 1. The molecule has 0 spiro atoms. The van der Waals surface area contributed by atoms with Gasteiger partial charge >= 0.3 is 0 Å². The van der Waals surface area contributed by atoms with Crippen LogP contribution in [0.2, 0.25) is 0 Å². The third-order valence-corrected chi connectivity index (χ3v) is 2.84. The number of nitrogens with two attached hydrogens (primary N) is 2. The van der Waals surface area contributed by atoms with E-state index in [0.717, 1.165) is 0 Å². The second-order valence-corrected chi connectivity index (χ2v) is 6.42. The van der Waals surface area contributed by atoms with Crippen LogP contribution in [0, 0.1) is 0 Å². The molecule has 0 saturated heterocycles. The Morgan fingerprint density at radius 3 is 2.11 bits per heavy atom. The van der Waals surface area contributed by atoms with Gasteiger partial charge in [-0.3, -0.25) is 0 Å². The molecule has 0 fully saturated rings. The predicted molar refractivity (Wildman–Crippen MR) is 72.8 cm³/mol. The van der Waals surface area contributed by atoms with E-state index in [9.17, 15) is 8.42 Å². The van der Waals surface area contributed by atoms with Gasteiger partial charge in [-0.15, -0.1) is 0 Å². The van der Waals surface area contributed by atoms with E-state index in [1.54, 1.807) is 12.1 Å². The lowest BCUT2D eigenvalue weighted by Crippen LogP contribution is -2.27. The van der Waals surface area contributed by atoms with Crippen LogP contribution in [0.15, 0.2) is 34.2 Å². The average Bonchev–Trinajstić information content (AvgIpc) is 2.13. The van der Waals surface area contributed by atoms with E-state index in [-0.39, 0.29) is 16.4 Å². The van der Waals surface area contributed by atoms with E-state index in [2.05, 4.69) is 10.3 Å². The van der Waals surface area contributed by atoms with Crippen LogP contribution in [-0.2, 0) is 10.0 Å². The lowest BCUT2D eigenvalue weighted by molar-refractivity contribution is 0.583. The quantitative estimate of drug-likeness (QED) is 0.546. The van der Waals surface area contributed by atoms with Crippen molar-refractivity contribution in [2.24, 2.45) is 15.9 Å². The van der Waals surface area contributed by atoms with Crippen molar-refractivity contribution in [3.63, 3.8) is 0 Å². The summed E-state index contributed by atoms with van der Waals surface area (Å²) in [4.78, 5) is 4.27. The maximum atomic E-state index is 11.1. The van der Waals surface area contributed by atoms with E-state index in [4.69, 9.17) is 10.9 Å². The van der Waals surface area contributed by atoms with Crippen LogP contribution in [0.25, 0.3) is 0 Å². The number of nitrogens with one attached hydrogen (secondary N) is 1. The molecule has 1 rings (SSSR count). The molecular formula is C11H18N4O2S. The Morgan fingerprint density at radius 1 is 1.22 bits per heavy atom. The Balaban J connectivity index is 2.86. The molecule has 6 nitrogen and oxygen atoms in total. The summed E-state index contributed by atoms with van der Waals surface area (Å²) in [6.45, 7) is 5.77. The van der Waals surface area contributed by atoms with Crippen molar-refractivity contribution in [1.82, 2.24) is 0 Å². The zero-order chi connectivity index (χ0) is 14.0. The van der Waals surface area contributed by atoms with Crippen molar-refractivity contribution in [3.05, 3.63) is 24.3 Å². The zero-order valence-corrected chi connectivity index (χ0v) is 11.5. The molecule has 0 heterocycles. The summed E-state index contributed by atoms with van der Waals surface area (Å²) in [6.07, 6.45) is 0. The van der Waals surface area contributed by atoms with Gasteiger partial charge in [-0.05, 0) is 45.0 Å². The first-order chi connectivity index (χ1) is 8.08. The molecule has 7 heteroatoms. The number of anilines is 1. The molecule has 0 aliphatic rings. The minimum atomic E-state index is -3.67. The molecule has 1 aromatic carbocycles. The van der Waals surface area contributed by atoms with Gasteiger partial charge in [0.25, 0.3) is 0 Å². The van der Waals surface area contributed by atoms with E-state index in [1.807, 2.05) is 20.8 Å². The molecule has 0 saturated carbocycles. The first kappa shape index (κ1) is 14.5. The smallest absolute Gasteiger partial charge is 0.238 e. The monoisotopic (exact) mass is 270 g/mol. The first-order valence-corrected chi connectivity index (χ1v) is 6.88. The Morgan fingerprint density at radius 2 is 1.72 bits per heavy atom.